The van der Waals surface area contributed by atoms with Gasteiger partial charge in [-0.2, -0.15) is 46.7 Å². The lowest BCUT2D eigenvalue weighted by atomic mass is 10.1. The summed E-state index contributed by atoms with van der Waals surface area (Å²) in [6.45, 7) is 14.9. The summed E-state index contributed by atoms with van der Waals surface area (Å²) >= 11 is 0. The zero-order valence-corrected chi connectivity index (χ0v) is 34.4. The molecule has 2 aliphatic rings. The molecule has 0 unspecified atom stereocenters. The van der Waals surface area contributed by atoms with Crippen LogP contribution >= 0.6 is 0 Å². The van der Waals surface area contributed by atoms with Gasteiger partial charge in [0.15, 0.2) is 0 Å². The van der Waals surface area contributed by atoms with Crippen LogP contribution in [-0.4, -0.2) is 135 Å². The molecule has 0 bridgehead atoms. The van der Waals surface area contributed by atoms with E-state index in [1.54, 1.807) is 12.1 Å². The van der Waals surface area contributed by atoms with E-state index in [0.29, 0.717) is 103 Å². The second kappa shape index (κ2) is 18.6. The van der Waals surface area contributed by atoms with Crippen molar-refractivity contribution in [2.24, 2.45) is 0 Å². The highest BCUT2D eigenvalue weighted by Gasteiger charge is 2.23. The maximum Gasteiger partial charge on any atom is 0.295 e. The Hall–Kier alpha value is -5.26. The van der Waals surface area contributed by atoms with Crippen LogP contribution in [-0.2, 0) is 29.7 Å². The molecule has 58 heavy (non-hydrogen) atoms. The Morgan fingerprint density at radius 3 is 1.29 bits per heavy atom. The van der Waals surface area contributed by atoms with Crippen LogP contribution in [0.15, 0.2) is 46.2 Å². The first-order valence-corrected chi connectivity index (χ1v) is 21.8. The minimum Gasteiger partial charge on any atom is -0.378 e. The van der Waals surface area contributed by atoms with Crippen molar-refractivity contribution in [1.29, 1.82) is 0 Å². The normalized spacial score (nSPS) is 15.1. The van der Waals surface area contributed by atoms with Gasteiger partial charge in [0.2, 0.25) is 35.7 Å². The number of anilines is 8. The summed E-state index contributed by atoms with van der Waals surface area (Å²) in [6, 6.07) is 8.42. The van der Waals surface area contributed by atoms with Crippen molar-refractivity contribution in [1.82, 2.24) is 29.9 Å². The molecular formula is C36H48N12O8S2. The van der Waals surface area contributed by atoms with E-state index in [9.17, 15) is 25.9 Å². The molecule has 4 heterocycles. The maximum atomic E-state index is 12.7. The smallest absolute Gasteiger partial charge is 0.295 e. The number of hydrogen-bond donors (Lipinski definition) is 4. The monoisotopic (exact) mass is 840 g/mol. The van der Waals surface area contributed by atoms with Crippen molar-refractivity contribution in [2.75, 3.05) is 109 Å². The van der Waals surface area contributed by atoms with Crippen LogP contribution in [0.2, 0.25) is 0 Å². The lowest BCUT2D eigenvalue weighted by Gasteiger charge is -2.28. The summed E-state index contributed by atoms with van der Waals surface area (Å²) in [7, 11) is -9.60. The third kappa shape index (κ3) is 10.4. The molecule has 0 radical (unpaired) electrons. The van der Waals surface area contributed by atoms with E-state index in [0.717, 1.165) is 0 Å². The summed E-state index contributed by atoms with van der Waals surface area (Å²) in [5.41, 5.74) is 0.579. The van der Waals surface area contributed by atoms with E-state index in [4.69, 9.17) is 9.47 Å². The first-order chi connectivity index (χ1) is 27.8. The Morgan fingerprint density at radius 2 is 0.966 bits per heavy atom. The highest BCUT2D eigenvalue weighted by atomic mass is 32.2. The molecule has 4 N–H and O–H groups in total. The quantitative estimate of drug-likeness (QED) is 0.0931. The Kier molecular flexibility index (Phi) is 13.5. The van der Waals surface area contributed by atoms with Crippen LogP contribution in [0.5, 0.6) is 0 Å². The van der Waals surface area contributed by atoms with E-state index in [1.807, 2.05) is 47.3 Å². The Morgan fingerprint density at radius 1 is 0.603 bits per heavy atom. The number of aromatic nitrogens is 6. The van der Waals surface area contributed by atoms with Crippen molar-refractivity contribution in [3.63, 3.8) is 0 Å². The van der Waals surface area contributed by atoms with Gasteiger partial charge in [-0.15, -0.1) is 0 Å². The van der Waals surface area contributed by atoms with Crippen molar-refractivity contribution < 1.29 is 35.4 Å². The summed E-state index contributed by atoms with van der Waals surface area (Å²) in [5, 5.41) is 6.09. The van der Waals surface area contributed by atoms with Gasteiger partial charge < -0.3 is 39.7 Å². The van der Waals surface area contributed by atoms with Crippen molar-refractivity contribution >= 4 is 79.5 Å². The molecule has 0 saturated carbocycles. The van der Waals surface area contributed by atoms with Gasteiger partial charge in [0.05, 0.1) is 26.4 Å². The molecule has 2 fully saturated rings. The number of morpholine rings is 2. The summed E-state index contributed by atoms with van der Waals surface area (Å²) in [6.07, 6.45) is 2.64. The molecule has 2 saturated heterocycles. The lowest BCUT2D eigenvalue weighted by molar-refractivity contribution is 0.122. The highest BCUT2D eigenvalue weighted by molar-refractivity contribution is 7.86. The summed E-state index contributed by atoms with van der Waals surface area (Å²) in [4.78, 5) is 34.5. The fourth-order valence-electron chi connectivity index (χ4n) is 6.31. The zero-order chi connectivity index (χ0) is 41.5. The molecule has 0 spiro atoms. The molecule has 2 aliphatic heterocycles. The molecule has 312 valence electrons. The average molecular weight is 841 g/mol. The third-order valence-corrected chi connectivity index (χ3v) is 11.3. The van der Waals surface area contributed by atoms with Crippen LogP contribution in [0, 0.1) is 0 Å². The van der Waals surface area contributed by atoms with E-state index >= 15 is 0 Å². The van der Waals surface area contributed by atoms with E-state index in [2.05, 4.69) is 40.5 Å². The molecule has 20 nitrogen and oxygen atoms in total. The minimum absolute atomic E-state index is 0.0368. The number of ether oxygens (including phenoxy) is 2. The molecule has 2 aromatic heterocycles. The zero-order valence-electron chi connectivity index (χ0n) is 32.7. The fourth-order valence-corrected chi connectivity index (χ4v) is 7.73. The number of benzene rings is 2. The van der Waals surface area contributed by atoms with Gasteiger partial charge in [0, 0.05) is 63.7 Å². The molecule has 0 atom stereocenters. The highest BCUT2D eigenvalue weighted by Crippen LogP contribution is 2.29. The second-order valence-corrected chi connectivity index (χ2v) is 15.9. The molecule has 2 aromatic carbocycles. The van der Waals surface area contributed by atoms with Gasteiger partial charge in [-0.05, 0) is 63.1 Å². The van der Waals surface area contributed by atoms with Crippen molar-refractivity contribution in [3.05, 3.63) is 47.5 Å². The number of rotatable bonds is 16. The predicted octanol–water partition coefficient (Wildman–Crippen LogP) is 3.57. The van der Waals surface area contributed by atoms with Crippen molar-refractivity contribution in [3.8, 4) is 0 Å². The molecular weight excluding hydrogens is 793 g/mol. The van der Waals surface area contributed by atoms with Crippen LogP contribution < -0.4 is 30.2 Å². The van der Waals surface area contributed by atoms with E-state index in [1.165, 1.54) is 36.4 Å². The number of nitrogens with one attached hydrogen (secondary N) is 2. The van der Waals surface area contributed by atoms with E-state index < -0.39 is 30.0 Å². The molecule has 0 aliphatic carbocycles. The van der Waals surface area contributed by atoms with Gasteiger partial charge >= 0.3 is 0 Å². The minimum atomic E-state index is -4.80. The molecule has 22 heteroatoms. The van der Waals surface area contributed by atoms with Gasteiger partial charge in [0.25, 0.3) is 20.2 Å². The van der Waals surface area contributed by atoms with Gasteiger partial charge in [0.1, 0.15) is 9.79 Å². The topological polar surface area (TPSA) is 242 Å². The lowest BCUT2D eigenvalue weighted by Crippen LogP contribution is -2.38. The fraction of sp³-hybridized carbons (Fsp3) is 0.444. The van der Waals surface area contributed by atoms with Gasteiger partial charge in [-0.1, -0.05) is 24.3 Å². The van der Waals surface area contributed by atoms with Gasteiger partial charge in [-0.25, -0.2) is 0 Å². The summed E-state index contributed by atoms with van der Waals surface area (Å²) < 4.78 is 82.2. The van der Waals surface area contributed by atoms with Crippen LogP contribution in [0.3, 0.4) is 0 Å². The van der Waals surface area contributed by atoms with E-state index in [-0.39, 0.29) is 34.4 Å². The van der Waals surface area contributed by atoms with Crippen LogP contribution in [0.4, 0.5) is 47.1 Å². The number of hydrogen-bond acceptors (Lipinski definition) is 18. The summed E-state index contributed by atoms with van der Waals surface area (Å²) in [5.74, 6) is 2.06. The molecule has 0 amide bonds. The first kappa shape index (κ1) is 42.3. The van der Waals surface area contributed by atoms with Crippen molar-refractivity contribution in [2.45, 2.75) is 37.5 Å². The Labute approximate surface area is 337 Å². The standard InChI is InChI=1S/C36H48N12O8S2/c1-5-45(6-2)33-39-31(41-35(43-33)47-15-19-55-20-16-47)37-27-13-11-25(29(23-27)57(49,50)51)9-10-26-12-14-28(24-30(26)58(52,53)54)38-32-40-34(46(7-3)8-4)44-36(42-32)48-17-21-56-22-18-48/h9-14,23-24H,5-8,15-22H2,1-4H3,(H,49,50,51)(H,52,53,54)(H,37,39,41,43)(H,38,40,42,44). The predicted molar refractivity (Wildman–Crippen MR) is 221 cm³/mol. The Balaban J connectivity index is 1.30. The molecule has 4 aromatic rings. The molecule has 6 rings (SSSR count). The average Bonchev–Trinajstić information content (AvgIpc) is 3.21. The van der Waals surface area contributed by atoms with Crippen LogP contribution in [0.25, 0.3) is 12.2 Å². The maximum absolute atomic E-state index is 12.7. The van der Waals surface area contributed by atoms with Gasteiger partial charge in [-0.3, -0.25) is 9.11 Å². The number of nitrogens with zero attached hydrogens (tertiary/aromatic N) is 10. The second-order valence-electron chi connectivity index (χ2n) is 13.1. The van der Waals surface area contributed by atoms with Crippen LogP contribution in [0.1, 0.15) is 38.8 Å². The SMILES string of the molecule is CCN(CC)c1nc(Nc2ccc(C=Cc3ccc(Nc4nc(N(CC)CC)nc(N5CCOCC5)n4)cc3S(=O)(=O)O)c(S(=O)(=O)O)c2)nc(N2CCOCC2)n1. The Bertz CT molecular complexity index is 2150. The first-order valence-electron chi connectivity index (χ1n) is 18.9. The largest absolute Gasteiger partial charge is 0.378 e. The third-order valence-electron chi connectivity index (χ3n) is 9.44.